The van der Waals surface area contributed by atoms with Gasteiger partial charge in [-0.25, -0.2) is 9.97 Å². The Morgan fingerprint density at radius 3 is 2.61 bits per heavy atom. The Kier molecular flexibility index (Phi) is 9.32. The number of ether oxygens (including phenoxy) is 1. The molecule has 200 valence electrons. The normalized spacial score (nSPS) is 16.1. The third-order valence-electron chi connectivity index (χ3n) is 7.13. The van der Waals surface area contributed by atoms with Crippen LogP contribution < -0.4 is 21.1 Å². The second kappa shape index (κ2) is 13.1. The number of nitrogens with zero attached hydrogens (tertiary/aromatic N) is 4. The zero-order valence-electron chi connectivity index (χ0n) is 22.1. The smallest absolute Gasteiger partial charge is 0.222 e. The number of likely N-dealkylation sites (N-methyl/N-ethyl adjacent to an activating group) is 1. The molecule has 0 spiro atoms. The van der Waals surface area contributed by atoms with E-state index in [2.05, 4.69) is 21.4 Å². The maximum absolute atomic E-state index is 12.8. The largest absolute Gasteiger partial charge is 0.457 e. The lowest BCUT2D eigenvalue weighted by atomic mass is 9.91. The van der Waals surface area contributed by atoms with Crippen molar-refractivity contribution in [2.75, 3.05) is 37.3 Å². The van der Waals surface area contributed by atoms with E-state index in [1.54, 1.807) is 0 Å². The number of likely N-dealkylation sites (tertiary alicyclic amines) is 1. The molecule has 38 heavy (non-hydrogen) atoms. The Labute approximate surface area is 225 Å². The summed E-state index contributed by atoms with van der Waals surface area (Å²) in [6.45, 7) is 6.17. The summed E-state index contributed by atoms with van der Waals surface area (Å²) >= 11 is 0. The van der Waals surface area contributed by atoms with Crippen LogP contribution in [0.5, 0.6) is 11.5 Å². The number of para-hydroxylation sites is 1. The topological polar surface area (TPSA) is 111 Å². The molecule has 8 heteroatoms. The molecule has 8 nitrogen and oxygen atoms in total. The number of hydrogen-bond acceptors (Lipinski definition) is 7. The highest BCUT2D eigenvalue weighted by Gasteiger charge is 2.30. The van der Waals surface area contributed by atoms with E-state index >= 15 is 0 Å². The molecular weight excluding hydrogens is 476 g/mol. The summed E-state index contributed by atoms with van der Waals surface area (Å²) < 4.78 is 5.96. The lowest BCUT2D eigenvalue weighted by Crippen LogP contribution is -2.49. The number of allylic oxidation sites excluding steroid dienone is 1. The van der Waals surface area contributed by atoms with Crippen LogP contribution in [0.3, 0.4) is 0 Å². The molecule has 0 bridgehead atoms. The summed E-state index contributed by atoms with van der Waals surface area (Å²) in [5.74, 6) is 2.69. The fourth-order valence-electron chi connectivity index (χ4n) is 5.02. The number of nitrogens with two attached hydrogens (primary N) is 2. The molecule has 0 aliphatic carbocycles. The summed E-state index contributed by atoms with van der Waals surface area (Å²) in [4.78, 5) is 25.9. The molecule has 1 fully saturated rings. The van der Waals surface area contributed by atoms with Crippen LogP contribution in [-0.4, -0.2) is 53.5 Å². The van der Waals surface area contributed by atoms with Crippen molar-refractivity contribution in [3.63, 3.8) is 0 Å². The van der Waals surface area contributed by atoms with Crippen LogP contribution >= 0.6 is 0 Å². The molecule has 0 radical (unpaired) electrons. The van der Waals surface area contributed by atoms with Gasteiger partial charge in [-0.05, 0) is 62.1 Å². The highest BCUT2D eigenvalue weighted by molar-refractivity contribution is 5.76. The van der Waals surface area contributed by atoms with Crippen LogP contribution in [-0.2, 0) is 4.79 Å². The maximum atomic E-state index is 12.8. The first-order valence-electron chi connectivity index (χ1n) is 13.3. The fraction of sp³-hybridized carbons (Fsp3) is 0.367. The van der Waals surface area contributed by atoms with Gasteiger partial charge in [0.1, 0.15) is 29.5 Å². The lowest BCUT2D eigenvalue weighted by Gasteiger charge is -2.39. The van der Waals surface area contributed by atoms with Crippen LogP contribution in [0.4, 0.5) is 11.6 Å². The van der Waals surface area contributed by atoms with Gasteiger partial charge >= 0.3 is 0 Å². The van der Waals surface area contributed by atoms with Gasteiger partial charge in [-0.3, -0.25) is 4.79 Å². The first-order valence-corrected chi connectivity index (χ1v) is 13.3. The molecule has 4 rings (SSSR count). The summed E-state index contributed by atoms with van der Waals surface area (Å²) in [7, 11) is 2.02. The number of unbranched alkanes of at least 4 members (excludes halogenated alkanes) is 1. The van der Waals surface area contributed by atoms with E-state index in [0.717, 1.165) is 60.7 Å². The van der Waals surface area contributed by atoms with Crippen LogP contribution in [0.25, 0.3) is 0 Å². The number of hydrogen-bond donors (Lipinski definition) is 2. The average molecular weight is 515 g/mol. The molecule has 1 aliphatic rings. The Morgan fingerprint density at radius 2 is 1.89 bits per heavy atom. The van der Waals surface area contributed by atoms with Crippen molar-refractivity contribution in [2.45, 2.75) is 44.1 Å². The van der Waals surface area contributed by atoms with E-state index in [1.807, 2.05) is 72.6 Å². The Hall–Kier alpha value is -3.91. The molecule has 1 amide bonds. The molecule has 1 aliphatic heterocycles. The van der Waals surface area contributed by atoms with Crippen molar-refractivity contribution in [1.82, 2.24) is 14.9 Å². The average Bonchev–Trinajstić information content (AvgIpc) is 2.95. The van der Waals surface area contributed by atoms with Crippen LogP contribution in [0.2, 0.25) is 0 Å². The SMILES string of the molecule is C=CC(c1ccc(Oc2ccccc2)cc1)c1c(N)ncnc1N(C)[C@@H]1CCCN(C(=O)CCCCN)C1. The molecular formula is C30H38N6O2. The van der Waals surface area contributed by atoms with Gasteiger partial charge in [0.05, 0.1) is 0 Å². The van der Waals surface area contributed by atoms with E-state index < -0.39 is 0 Å². The Morgan fingerprint density at radius 1 is 1.16 bits per heavy atom. The van der Waals surface area contributed by atoms with Gasteiger partial charge in [0.15, 0.2) is 0 Å². The molecule has 1 aromatic heterocycles. The number of piperidine rings is 1. The first kappa shape index (κ1) is 27.1. The molecule has 4 N–H and O–H groups in total. The third kappa shape index (κ3) is 6.50. The number of rotatable bonds is 11. The summed E-state index contributed by atoms with van der Waals surface area (Å²) in [5, 5.41) is 0. The predicted octanol–water partition coefficient (Wildman–Crippen LogP) is 4.73. The number of nitrogen functional groups attached to an aromatic ring is 1. The summed E-state index contributed by atoms with van der Waals surface area (Å²) in [6, 6.07) is 17.7. The maximum Gasteiger partial charge on any atom is 0.222 e. The number of benzene rings is 2. The molecule has 2 aromatic carbocycles. The van der Waals surface area contributed by atoms with Crippen molar-refractivity contribution in [3.8, 4) is 11.5 Å². The van der Waals surface area contributed by atoms with Crippen LogP contribution in [0, 0.1) is 0 Å². The summed E-state index contributed by atoms with van der Waals surface area (Å²) in [6.07, 6.45) is 7.53. The number of amides is 1. The van der Waals surface area contributed by atoms with Crippen molar-refractivity contribution in [1.29, 1.82) is 0 Å². The van der Waals surface area contributed by atoms with E-state index in [-0.39, 0.29) is 17.9 Å². The van der Waals surface area contributed by atoms with Gasteiger partial charge in [0.2, 0.25) is 5.91 Å². The van der Waals surface area contributed by atoms with E-state index in [9.17, 15) is 4.79 Å². The third-order valence-corrected chi connectivity index (χ3v) is 7.13. The fourth-order valence-corrected chi connectivity index (χ4v) is 5.02. The Bertz CT molecular complexity index is 1200. The van der Waals surface area contributed by atoms with Gasteiger partial charge in [0.25, 0.3) is 0 Å². The van der Waals surface area contributed by atoms with Crippen molar-refractivity contribution in [2.24, 2.45) is 5.73 Å². The van der Waals surface area contributed by atoms with E-state index in [1.165, 1.54) is 6.33 Å². The van der Waals surface area contributed by atoms with E-state index in [4.69, 9.17) is 16.2 Å². The predicted molar refractivity (Wildman–Crippen MR) is 152 cm³/mol. The zero-order chi connectivity index (χ0) is 26.9. The van der Waals surface area contributed by atoms with Gasteiger partial charge in [-0.1, -0.05) is 36.4 Å². The minimum absolute atomic E-state index is 0.127. The van der Waals surface area contributed by atoms with E-state index in [0.29, 0.717) is 25.3 Å². The molecule has 1 saturated heterocycles. The summed E-state index contributed by atoms with van der Waals surface area (Å²) in [5.41, 5.74) is 13.9. The minimum Gasteiger partial charge on any atom is -0.457 e. The van der Waals surface area contributed by atoms with Crippen molar-refractivity contribution < 1.29 is 9.53 Å². The molecule has 3 aromatic rings. The van der Waals surface area contributed by atoms with Crippen molar-refractivity contribution in [3.05, 3.63) is 84.7 Å². The molecule has 1 unspecified atom stereocenters. The van der Waals surface area contributed by atoms with Gasteiger partial charge in [0, 0.05) is 44.1 Å². The van der Waals surface area contributed by atoms with Gasteiger partial charge in [-0.15, -0.1) is 6.58 Å². The first-order chi connectivity index (χ1) is 18.5. The molecule has 2 atom stereocenters. The number of carbonyl (C=O) groups excluding carboxylic acids is 1. The van der Waals surface area contributed by atoms with Crippen molar-refractivity contribution >= 4 is 17.5 Å². The quantitative estimate of drug-likeness (QED) is 0.281. The van der Waals surface area contributed by atoms with Gasteiger partial charge in [-0.2, -0.15) is 0 Å². The van der Waals surface area contributed by atoms with Crippen LogP contribution in [0.15, 0.2) is 73.6 Å². The Balaban J connectivity index is 1.54. The second-order valence-electron chi connectivity index (χ2n) is 9.69. The monoisotopic (exact) mass is 514 g/mol. The zero-order valence-corrected chi connectivity index (χ0v) is 22.1. The van der Waals surface area contributed by atoms with Crippen LogP contribution in [0.1, 0.15) is 49.1 Å². The minimum atomic E-state index is -0.211. The van der Waals surface area contributed by atoms with Gasteiger partial charge < -0.3 is 26.0 Å². The number of aromatic nitrogens is 2. The lowest BCUT2D eigenvalue weighted by molar-refractivity contribution is -0.132. The number of carbonyl (C=O) groups is 1. The highest BCUT2D eigenvalue weighted by atomic mass is 16.5. The molecule has 2 heterocycles. The number of anilines is 2. The molecule has 0 saturated carbocycles. The highest BCUT2D eigenvalue weighted by Crippen LogP contribution is 2.37. The second-order valence-corrected chi connectivity index (χ2v) is 9.69. The standard InChI is InChI=1S/C30H38N6O2/c1-3-26(22-14-16-25(17-15-22)38-24-11-5-4-6-12-24)28-29(32)33-21-34-30(28)35(2)23-10-9-19-36(20-23)27(37)13-7-8-18-31/h3-6,11-12,14-17,21,23,26H,1,7-10,13,18-20,31H2,2H3,(H2,32,33,34)/t23-,26?/m1/s1.